The molecule has 0 radical (unpaired) electrons. The predicted molar refractivity (Wildman–Crippen MR) is 74.6 cm³/mol. The maximum Gasteiger partial charge on any atom is 0.142 e. The molecule has 1 atom stereocenters. The molecule has 0 fully saturated rings. The van der Waals surface area contributed by atoms with Crippen molar-refractivity contribution in [2.45, 2.75) is 6.04 Å². The minimum atomic E-state index is -1.04. The largest absolute Gasteiger partial charge is 0.271 e. The third-order valence-corrected chi connectivity index (χ3v) is 3.57. The van der Waals surface area contributed by atoms with E-state index in [0.717, 1.165) is 12.1 Å². The second-order valence-corrected chi connectivity index (χ2v) is 5.38. The Morgan fingerprint density at radius 1 is 1.00 bits per heavy atom. The summed E-state index contributed by atoms with van der Waals surface area (Å²) in [6, 6.07) is 4.80. The SMILES string of the molecule is NNC(c1cc(Br)ccc1F)c1cc(F)c(Cl)cc1F. The number of benzene rings is 2. The molecule has 0 amide bonds. The summed E-state index contributed by atoms with van der Waals surface area (Å²) in [5, 5.41) is -0.350. The summed E-state index contributed by atoms with van der Waals surface area (Å²) in [6.45, 7) is 0. The Balaban J connectivity index is 2.58. The second-order valence-electron chi connectivity index (χ2n) is 4.05. The second kappa shape index (κ2) is 6.13. The van der Waals surface area contributed by atoms with E-state index in [-0.39, 0.29) is 16.1 Å². The Kier molecular flexibility index (Phi) is 4.70. The lowest BCUT2D eigenvalue weighted by Gasteiger charge is -2.19. The standard InChI is InChI=1S/C13H9BrClF3N2/c14-6-1-2-10(16)7(3-6)13(20-19)8-4-12(18)9(15)5-11(8)17/h1-5,13,20H,19H2. The number of nitrogens with one attached hydrogen (secondary N) is 1. The molecule has 2 aromatic rings. The van der Waals surface area contributed by atoms with E-state index < -0.39 is 23.5 Å². The summed E-state index contributed by atoms with van der Waals surface area (Å²) in [5.74, 6) is 3.18. The molecule has 0 aromatic heterocycles. The van der Waals surface area contributed by atoms with Gasteiger partial charge in [-0.1, -0.05) is 27.5 Å². The van der Waals surface area contributed by atoms with Crippen LogP contribution in [0.5, 0.6) is 0 Å². The van der Waals surface area contributed by atoms with E-state index in [4.69, 9.17) is 17.4 Å². The third-order valence-electron chi connectivity index (χ3n) is 2.79. The molecule has 0 spiro atoms. The molecule has 7 heteroatoms. The van der Waals surface area contributed by atoms with Gasteiger partial charge in [0, 0.05) is 15.6 Å². The lowest BCUT2D eigenvalue weighted by Crippen LogP contribution is -2.30. The van der Waals surface area contributed by atoms with Gasteiger partial charge in [-0.15, -0.1) is 0 Å². The van der Waals surface area contributed by atoms with E-state index in [9.17, 15) is 13.2 Å². The Bertz CT molecular complexity index is 652. The van der Waals surface area contributed by atoms with Gasteiger partial charge in [0.15, 0.2) is 0 Å². The highest BCUT2D eigenvalue weighted by Gasteiger charge is 2.22. The average molecular weight is 366 g/mol. The number of rotatable bonds is 3. The molecular weight excluding hydrogens is 357 g/mol. The van der Waals surface area contributed by atoms with Crippen LogP contribution in [0, 0.1) is 17.5 Å². The van der Waals surface area contributed by atoms with Gasteiger partial charge in [0.05, 0.1) is 11.1 Å². The van der Waals surface area contributed by atoms with Crippen molar-refractivity contribution in [3.05, 3.63) is 68.4 Å². The lowest BCUT2D eigenvalue weighted by molar-refractivity contribution is 0.523. The summed E-state index contributed by atoms with van der Waals surface area (Å²) in [7, 11) is 0. The molecule has 106 valence electrons. The Hall–Kier alpha value is -1.08. The first-order chi connectivity index (χ1) is 9.43. The number of hydrogen-bond donors (Lipinski definition) is 2. The minimum Gasteiger partial charge on any atom is -0.271 e. The first kappa shape index (κ1) is 15.3. The predicted octanol–water partition coefficient (Wildman–Crippen LogP) is 4.07. The van der Waals surface area contributed by atoms with Gasteiger partial charge in [-0.25, -0.2) is 18.6 Å². The average Bonchev–Trinajstić information content (AvgIpc) is 2.40. The van der Waals surface area contributed by atoms with E-state index in [1.807, 2.05) is 0 Å². The molecule has 0 aliphatic carbocycles. The van der Waals surface area contributed by atoms with Gasteiger partial charge in [0.1, 0.15) is 17.5 Å². The zero-order valence-corrected chi connectivity index (χ0v) is 12.3. The van der Waals surface area contributed by atoms with Gasteiger partial charge in [0.25, 0.3) is 0 Å². The summed E-state index contributed by atoms with van der Waals surface area (Å²) in [4.78, 5) is 0. The smallest absolute Gasteiger partial charge is 0.142 e. The molecule has 0 aliphatic heterocycles. The van der Waals surface area contributed by atoms with Gasteiger partial charge in [-0.05, 0) is 30.3 Å². The molecule has 0 heterocycles. The monoisotopic (exact) mass is 364 g/mol. The van der Waals surface area contributed by atoms with E-state index in [0.29, 0.717) is 4.47 Å². The van der Waals surface area contributed by atoms with Crippen LogP contribution in [0.3, 0.4) is 0 Å². The zero-order valence-electron chi connectivity index (χ0n) is 9.93. The molecule has 2 nitrogen and oxygen atoms in total. The maximum absolute atomic E-state index is 13.9. The van der Waals surface area contributed by atoms with Crippen LogP contribution in [0.1, 0.15) is 17.2 Å². The van der Waals surface area contributed by atoms with Crippen LogP contribution >= 0.6 is 27.5 Å². The fourth-order valence-corrected chi connectivity index (χ4v) is 2.37. The number of hydrogen-bond acceptors (Lipinski definition) is 2. The van der Waals surface area contributed by atoms with Crippen molar-refractivity contribution < 1.29 is 13.2 Å². The molecular formula is C13H9BrClF3N2. The van der Waals surface area contributed by atoms with Crippen molar-refractivity contribution >= 4 is 27.5 Å². The molecule has 0 bridgehead atoms. The highest BCUT2D eigenvalue weighted by molar-refractivity contribution is 9.10. The summed E-state index contributed by atoms with van der Waals surface area (Å²) in [5.41, 5.74) is 2.23. The summed E-state index contributed by atoms with van der Waals surface area (Å²) >= 11 is 8.67. The van der Waals surface area contributed by atoms with E-state index in [1.54, 1.807) is 0 Å². The van der Waals surface area contributed by atoms with Crippen molar-refractivity contribution in [2.24, 2.45) is 5.84 Å². The first-order valence-corrected chi connectivity index (χ1v) is 6.66. The molecule has 0 aliphatic rings. The topological polar surface area (TPSA) is 38.0 Å². The Morgan fingerprint density at radius 3 is 2.30 bits per heavy atom. The number of hydrazine groups is 1. The molecule has 0 saturated heterocycles. The van der Waals surface area contributed by atoms with Crippen molar-refractivity contribution in [1.82, 2.24) is 5.43 Å². The van der Waals surface area contributed by atoms with Crippen LogP contribution in [0.4, 0.5) is 13.2 Å². The summed E-state index contributed by atoms with van der Waals surface area (Å²) < 4.78 is 41.8. The fraction of sp³-hybridized carbons (Fsp3) is 0.0769. The van der Waals surface area contributed by atoms with Crippen LogP contribution in [0.15, 0.2) is 34.8 Å². The Morgan fingerprint density at radius 2 is 1.65 bits per heavy atom. The van der Waals surface area contributed by atoms with Crippen LogP contribution in [0.2, 0.25) is 5.02 Å². The number of halogens is 5. The lowest BCUT2D eigenvalue weighted by atomic mass is 9.98. The molecule has 3 N–H and O–H groups in total. The van der Waals surface area contributed by atoms with E-state index in [1.165, 1.54) is 18.2 Å². The third kappa shape index (κ3) is 2.98. The van der Waals surface area contributed by atoms with Gasteiger partial charge in [0.2, 0.25) is 0 Å². The summed E-state index contributed by atoms with van der Waals surface area (Å²) in [6.07, 6.45) is 0. The minimum absolute atomic E-state index is 0.0856. The Labute approximate surface area is 126 Å². The van der Waals surface area contributed by atoms with Gasteiger partial charge >= 0.3 is 0 Å². The first-order valence-electron chi connectivity index (χ1n) is 5.49. The van der Waals surface area contributed by atoms with Crippen LogP contribution < -0.4 is 11.3 Å². The van der Waals surface area contributed by atoms with Gasteiger partial charge in [-0.2, -0.15) is 0 Å². The molecule has 20 heavy (non-hydrogen) atoms. The highest BCUT2D eigenvalue weighted by Crippen LogP contribution is 2.30. The van der Waals surface area contributed by atoms with Gasteiger partial charge < -0.3 is 0 Å². The van der Waals surface area contributed by atoms with Crippen LogP contribution in [-0.2, 0) is 0 Å². The van der Waals surface area contributed by atoms with Gasteiger partial charge in [-0.3, -0.25) is 5.84 Å². The van der Waals surface area contributed by atoms with Crippen molar-refractivity contribution in [2.75, 3.05) is 0 Å². The molecule has 2 rings (SSSR count). The maximum atomic E-state index is 13.9. The quantitative estimate of drug-likeness (QED) is 0.489. The molecule has 0 saturated carbocycles. The van der Waals surface area contributed by atoms with Crippen LogP contribution in [0.25, 0.3) is 0 Å². The highest BCUT2D eigenvalue weighted by atomic mass is 79.9. The zero-order chi connectivity index (χ0) is 14.9. The fourth-order valence-electron chi connectivity index (χ4n) is 1.84. The van der Waals surface area contributed by atoms with Crippen molar-refractivity contribution in [3.63, 3.8) is 0 Å². The normalized spacial score (nSPS) is 12.5. The molecule has 2 aromatic carbocycles. The number of nitrogens with two attached hydrogens (primary N) is 1. The van der Waals surface area contributed by atoms with E-state index in [2.05, 4.69) is 21.4 Å². The molecule has 1 unspecified atom stereocenters. The van der Waals surface area contributed by atoms with Crippen molar-refractivity contribution in [1.29, 1.82) is 0 Å². The van der Waals surface area contributed by atoms with Crippen LogP contribution in [-0.4, -0.2) is 0 Å². The van der Waals surface area contributed by atoms with Crippen molar-refractivity contribution in [3.8, 4) is 0 Å². The van der Waals surface area contributed by atoms with E-state index >= 15 is 0 Å².